The van der Waals surface area contributed by atoms with Crippen LogP contribution in [0.15, 0.2) is 43.6 Å². The van der Waals surface area contributed by atoms with Crippen LogP contribution in [-0.4, -0.2) is 0 Å². The molecule has 148 valence electrons. The molecular formula is C22H24S6. The largest absolute Gasteiger partial charge is 0.139 e. The number of thiophene rings is 2. The third-order valence-electron chi connectivity index (χ3n) is 4.29. The second-order valence-electron chi connectivity index (χ2n) is 8.81. The van der Waals surface area contributed by atoms with Crippen molar-refractivity contribution in [1.82, 2.24) is 0 Å². The summed E-state index contributed by atoms with van der Waals surface area (Å²) in [4.78, 5) is 8.49. The van der Waals surface area contributed by atoms with E-state index in [4.69, 9.17) is 0 Å². The van der Waals surface area contributed by atoms with Gasteiger partial charge < -0.3 is 0 Å². The van der Waals surface area contributed by atoms with Gasteiger partial charge in [-0.25, -0.2) is 0 Å². The van der Waals surface area contributed by atoms with Crippen LogP contribution in [0.3, 0.4) is 0 Å². The van der Waals surface area contributed by atoms with Gasteiger partial charge in [-0.2, -0.15) is 0 Å². The summed E-state index contributed by atoms with van der Waals surface area (Å²) in [5.41, 5.74) is 0.452. The first kappa shape index (κ1) is 21.3. The molecule has 0 saturated carbocycles. The van der Waals surface area contributed by atoms with Crippen LogP contribution in [0.5, 0.6) is 0 Å². The Balaban J connectivity index is 1.45. The zero-order valence-corrected chi connectivity index (χ0v) is 21.8. The normalized spacial score (nSPS) is 20.6. The molecule has 0 nitrogen and oxygen atoms in total. The van der Waals surface area contributed by atoms with Crippen LogP contribution in [0.2, 0.25) is 0 Å². The van der Waals surface area contributed by atoms with Gasteiger partial charge in [0.05, 0.1) is 8.47 Å². The molecule has 0 aliphatic carbocycles. The van der Waals surface area contributed by atoms with E-state index in [1.54, 1.807) is 0 Å². The Kier molecular flexibility index (Phi) is 6.02. The van der Waals surface area contributed by atoms with E-state index < -0.39 is 0 Å². The predicted molar refractivity (Wildman–Crippen MR) is 139 cm³/mol. The van der Waals surface area contributed by atoms with Crippen LogP contribution < -0.4 is 0 Å². The van der Waals surface area contributed by atoms with Crippen molar-refractivity contribution in [3.63, 3.8) is 0 Å². The van der Waals surface area contributed by atoms with Crippen molar-refractivity contribution in [3.05, 3.63) is 63.1 Å². The molecule has 2 aromatic heterocycles. The smallest absolute Gasteiger partial charge is 0.0701 e. The predicted octanol–water partition coefficient (Wildman–Crippen LogP) is 9.79. The minimum absolute atomic E-state index is 0.226. The van der Waals surface area contributed by atoms with Crippen molar-refractivity contribution >= 4 is 79.5 Å². The average molecular weight is 481 g/mol. The highest BCUT2D eigenvalue weighted by atomic mass is 32.2. The molecular weight excluding hydrogens is 457 g/mol. The first-order valence-corrected chi connectivity index (χ1v) is 14.2. The molecule has 2 aliphatic heterocycles. The SMILES string of the molecule is CC(C)(C)c1ccc(C2=CS/C(=C3\SC=C(c4ccc(C(C)(C)C)s4)S3)S2)s1. The molecule has 0 atom stereocenters. The number of thioether (sulfide) groups is 4. The summed E-state index contributed by atoms with van der Waals surface area (Å²) >= 11 is 11.5. The van der Waals surface area contributed by atoms with E-state index >= 15 is 0 Å². The maximum Gasteiger partial charge on any atom is 0.0701 e. The van der Waals surface area contributed by atoms with E-state index in [2.05, 4.69) is 76.6 Å². The zero-order valence-electron chi connectivity index (χ0n) is 16.9. The highest BCUT2D eigenvalue weighted by Gasteiger charge is 2.26. The molecule has 0 amide bonds. The Labute approximate surface area is 193 Å². The number of hydrogen-bond acceptors (Lipinski definition) is 6. The lowest BCUT2D eigenvalue weighted by Gasteiger charge is -2.15. The third kappa shape index (κ3) is 4.52. The molecule has 0 saturated heterocycles. The van der Waals surface area contributed by atoms with Crippen LogP contribution in [0.4, 0.5) is 0 Å². The molecule has 0 bridgehead atoms. The fourth-order valence-corrected chi connectivity index (χ4v) is 9.99. The molecule has 0 radical (unpaired) electrons. The quantitative estimate of drug-likeness (QED) is 0.419. The summed E-state index contributed by atoms with van der Waals surface area (Å²) in [6.07, 6.45) is 0. The maximum absolute atomic E-state index is 2.33. The Morgan fingerprint density at radius 2 is 0.964 bits per heavy atom. The number of hydrogen-bond donors (Lipinski definition) is 0. The second-order valence-corrected chi connectivity index (χ2v) is 15.4. The fourth-order valence-electron chi connectivity index (χ4n) is 2.65. The van der Waals surface area contributed by atoms with Crippen molar-refractivity contribution in [2.45, 2.75) is 52.4 Å². The standard InChI is InChI=1S/C22H24S6/c1-21(2,3)17-9-7-13(25-17)15-11-23-19(27-15)20-24-12-16(28-20)14-8-10-18(26-14)22(4,5)6/h7-12H,1-6H3/b20-19-. The Hall–Kier alpha value is 0.0200. The van der Waals surface area contributed by atoms with E-state index in [9.17, 15) is 0 Å². The summed E-state index contributed by atoms with van der Waals surface area (Å²) in [6.45, 7) is 13.7. The number of rotatable bonds is 2. The topological polar surface area (TPSA) is 0 Å². The Morgan fingerprint density at radius 3 is 1.29 bits per heavy atom. The van der Waals surface area contributed by atoms with Gasteiger partial charge in [0.25, 0.3) is 0 Å². The van der Waals surface area contributed by atoms with Gasteiger partial charge in [0.15, 0.2) is 0 Å². The van der Waals surface area contributed by atoms with Crippen LogP contribution in [0.1, 0.15) is 61.1 Å². The Bertz CT molecular complexity index is 905. The van der Waals surface area contributed by atoms with Gasteiger partial charge >= 0.3 is 0 Å². The molecule has 2 aromatic rings. The lowest BCUT2D eigenvalue weighted by atomic mass is 9.95. The molecule has 4 heterocycles. The fraction of sp³-hybridized carbons (Fsp3) is 0.364. The van der Waals surface area contributed by atoms with E-state index in [1.807, 2.05) is 69.7 Å². The molecule has 0 fully saturated rings. The van der Waals surface area contributed by atoms with Gasteiger partial charge in [-0.3, -0.25) is 0 Å². The van der Waals surface area contributed by atoms with Crippen LogP contribution >= 0.6 is 69.7 Å². The Morgan fingerprint density at radius 1 is 0.571 bits per heavy atom. The lowest BCUT2D eigenvalue weighted by molar-refractivity contribution is 0.603. The van der Waals surface area contributed by atoms with E-state index in [0.717, 1.165) is 0 Å². The van der Waals surface area contributed by atoms with E-state index in [-0.39, 0.29) is 10.8 Å². The molecule has 2 aliphatic rings. The van der Waals surface area contributed by atoms with Gasteiger partial charge in [0.1, 0.15) is 0 Å². The summed E-state index contributed by atoms with van der Waals surface area (Å²) in [6, 6.07) is 9.16. The first-order valence-electron chi connectivity index (χ1n) is 9.16. The van der Waals surface area contributed by atoms with Crippen LogP contribution in [0.25, 0.3) is 9.81 Å². The molecule has 6 heteroatoms. The summed E-state index contributed by atoms with van der Waals surface area (Å²) in [7, 11) is 0. The maximum atomic E-state index is 2.33. The first-order chi connectivity index (χ1) is 13.1. The molecule has 0 aromatic carbocycles. The van der Waals surface area contributed by atoms with Crippen molar-refractivity contribution in [3.8, 4) is 0 Å². The average Bonchev–Trinajstić information content (AvgIpc) is 3.38. The van der Waals surface area contributed by atoms with Crippen molar-refractivity contribution in [2.24, 2.45) is 0 Å². The molecule has 0 unspecified atom stereocenters. The molecule has 0 spiro atoms. The van der Waals surface area contributed by atoms with Crippen molar-refractivity contribution < 1.29 is 0 Å². The minimum Gasteiger partial charge on any atom is -0.139 e. The van der Waals surface area contributed by atoms with Crippen LogP contribution in [-0.2, 0) is 10.8 Å². The van der Waals surface area contributed by atoms with Gasteiger partial charge in [-0.05, 0) is 45.9 Å². The van der Waals surface area contributed by atoms with Gasteiger partial charge in [-0.15, -0.1) is 22.7 Å². The van der Waals surface area contributed by atoms with Crippen molar-refractivity contribution in [1.29, 1.82) is 0 Å². The summed E-state index contributed by atoms with van der Waals surface area (Å²) in [5, 5.41) is 4.65. The summed E-state index contributed by atoms with van der Waals surface area (Å²) in [5.74, 6) is 0. The van der Waals surface area contributed by atoms with E-state index in [1.165, 1.54) is 37.8 Å². The van der Waals surface area contributed by atoms with Gasteiger partial charge in [0.2, 0.25) is 0 Å². The second kappa shape index (κ2) is 7.93. The highest BCUT2D eigenvalue weighted by molar-refractivity contribution is 8.36. The third-order valence-corrected chi connectivity index (χ3v) is 13.0. The molecule has 4 rings (SSSR count). The molecule has 28 heavy (non-hydrogen) atoms. The van der Waals surface area contributed by atoms with Gasteiger partial charge in [0, 0.05) is 29.3 Å². The van der Waals surface area contributed by atoms with Crippen LogP contribution in [0, 0.1) is 0 Å². The molecule has 0 N–H and O–H groups in total. The monoisotopic (exact) mass is 480 g/mol. The van der Waals surface area contributed by atoms with E-state index in [0.29, 0.717) is 0 Å². The van der Waals surface area contributed by atoms with Gasteiger partial charge in [-0.1, -0.05) is 88.6 Å². The minimum atomic E-state index is 0.226. The zero-order chi connectivity index (χ0) is 20.1. The highest BCUT2D eigenvalue weighted by Crippen LogP contribution is 2.60. The van der Waals surface area contributed by atoms with Crippen molar-refractivity contribution in [2.75, 3.05) is 0 Å². The summed E-state index contributed by atoms with van der Waals surface area (Å²) < 4.78 is 2.85. The lowest BCUT2D eigenvalue weighted by Crippen LogP contribution is -2.07.